The van der Waals surface area contributed by atoms with Crippen molar-refractivity contribution in [3.05, 3.63) is 39.9 Å². The molecule has 0 amide bonds. The summed E-state index contributed by atoms with van der Waals surface area (Å²) in [6.45, 7) is 3.55. The zero-order valence-corrected chi connectivity index (χ0v) is 11.9. The molecule has 0 saturated heterocycles. The van der Waals surface area contributed by atoms with Gasteiger partial charge in [0.2, 0.25) is 0 Å². The predicted molar refractivity (Wildman–Crippen MR) is 73.6 cm³/mol. The number of carbonyl (C=O) groups excluding carboxylic acids is 2. The Bertz CT molecular complexity index is 510. The lowest BCUT2D eigenvalue weighted by molar-refractivity contribution is -0.384. The van der Waals surface area contributed by atoms with E-state index in [0.29, 0.717) is 5.56 Å². The van der Waals surface area contributed by atoms with Crippen LogP contribution in [0.1, 0.15) is 19.4 Å². The van der Waals surface area contributed by atoms with E-state index in [1.54, 1.807) is 19.9 Å². The second-order valence-electron chi connectivity index (χ2n) is 4.19. The Labute approximate surface area is 122 Å². The van der Waals surface area contributed by atoms with E-state index in [1.807, 2.05) is 0 Å². The van der Waals surface area contributed by atoms with Gasteiger partial charge in [-0.05, 0) is 25.8 Å². The molecule has 0 radical (unpaired) electrons. The van der Waals surface area contributed by atoms with Crippen molar-refractivity contribution in [1.29, 1.82) is 0 Å². The van der Waals surface area contributed by atoms with E-state index in [0.717, 1.165) is 0 Å². The van der Waals surface area contributed by atoms with Crippen LogP contribution in [-0.4, -0.2) is 30.1 Å². The molecule has 1 aromatic rings. The molecule has 1 rings (SSSR count). The average molecular weight is 295 g/mol. The number of hydrogen-bond acceptors (Lipinski definition) is 6. The molecule has 0 aliphatic heterocycles. The smallest absolute Gasteiger partial charge is 0.320 e. The zero-order valence-electron chi connectivity index (χ0n) is 11.9. The molecule has 0 fully saturated rings. The number of hydrogen-bond donors (Lipinski definition) is 0. The highest BCUT2D eigenvalue weighted by molar-refractivity contribution is 5.95. The lowest BCUT2D eigenvalue weighted by atomic mass is 9.99. The molecule has 0 bridgehead atoms. The van der Waals surface area contributed by atoms with Crippen LogP contribution in [-0.2, 0) is 25.5 Å². The molecule has 0 unspecified atom stereocenters. The molecule has 1 aromatic carbocycles. The largest absolute Gasteiger partial charge is 0.465 e. The molecule has 0 spiro atoms. The summed E-state index contributed by atoms with van der Waals surface area (Å²) in [7, 11) is 0. The average Bonchev–Trinajstić information content (AvgIpc) is 2.45. The molecule has 0 aliphatic carbocycles. The molecule has 0 heterocycles. The van der Waals surface area contributed by atoms with E-state index in [2.05, 4.69) is 0 Å². The fourth-order valence-corrected chi connectivity index (χ4v) is 1.78. The van der Waals surface area contributed by atoms with Crippen molar-refractivity contribution >= 4 is 17.6 Å². The summed E-state index contributed by atoms with van der Waals surface area (Å²) in [6, 6.07) is 5.78. The number of esters is 2. The number of nitro benzene ring substituents is 1. The van der Waals surface area contributed by atoms with E-state index in [4.69, 9.17) is 9.47 Å². The minimum absolute atomic E-state index is 0.000648. The summed E-state index contributed by atoms with van der Waals surface area (Å²) in [6.07, 6.45) is -0.000648. The number of ether oxygens (including phenoxy) is 2. The van der Waals surface area contributed by atoms with Gasteiger partial charge in [0, 0.05) is 12.1 Å². The van der Waals surface area contributed by atoms with E-state index in [-0.39, 0.29) is 25.3 Å². The third kappa shape index (κ3) is 4.87. The topological polar surface area (TPSA) is 95.7 Å². The molecular weight excluding hydrogens is 278 g/mol. The van der Waals surface area contributed by atoms with Crippen molar-refractivity contribution in [2.75, 3.05) is 13.2 Å². The van der Waals surface area contributed by atoms with Gasteiger partial charge in [-0.1, -0.05) is 12.1 Å². The van der Waals surface area contributed by atoms with E-state index in [9.17, 15) is 19.7 Å². The predicted octanol–water partition coefficient (Wildman–Crippen LogP) is 1.88. The Kier molecular flexibility index (Phi) is 6.32. The lowest BCUT2D eigenvalue weighted by Crippen LogP contribution is -2.30. The normalized spacial score (nSPS) is 10.2. The lowest BCUT2D eigenvalue weighted by Gasteiger charge is -2.14. The fraction of sp³-hybridized carbons (Fsp3) is 0.429. The maximum absolute atomic E-state index is 11.8. The van der Waals surface area contributed by atoms with Crippen LogP contribution in [0.15, 0.2) is 24.3 Å². The quantitative estimate of drug-likeness (QED) is 0.330. The van der Waals surface area contributed by atoms with Gasteiger partial charge in [-0.3, -0.25) is 19.7 Å². The highest BCUT2D eigenvalue weighted by Crippen LogP contribution is 2.18. The van der Waals surface area contributed by atoms with Gasteiger partial charge in [0.1, 0.15) is 0 Å². The Morgan fingerprint density at radius 2 is 1.76 bits per heavy atom. The highest BCUT2D eigenvalue weighted by Gasteiger charge is 2.30. The maximum Gasteiger partial charge on any atom is 0.320 e. The number of carbonyl (C=O) groups is 2. The first kappa shape index (κ1) is 16.6. The van der Waals surface area contributed by atoms with Crippen molar-refractivity contribution in [3.63, 3.8) is 0 Å². The molecule has 21 heavy (non-hydrogen) atoms. The standard InChI is InChI=1S/C14H17NO6/c1-3-20-13(16)12(14(17)21-4-2)9-10-6-5-7-11(8-10)15(18)19/h5-8,12H,3-4,9H2,1-2H3. The summed E-state index contributed by atoms with van der Waals surface area (Å²) in [5.74, 6) is -2.50. The molecule has 0 N–H and O–H groups in total. The number of nitrogens with zero attached hydrogens (tertiary/aromatic N) is 1. The van der Waals surface area contributed by atoms with Crippen LogP contribution in [0.3, 0.4) is 0 Å². The third-order valence-electron chi connectivity index (χ3n) is 2.70. The first-order chi connectivity index (χ1) is 9.99. The second kappa shape index (κ2) is 7.98. The van der Waals surface area contributed by atoms with Gasteiger partial charge in [0.15, 0.2) is 5.92 Å². The van der Waals surface area contributed by atoms with Gasteiger partial charge in [0.25, 0.3) is 5.69 Å². The summed E-state index contributed by atoms with van der Waals surface area (Å²) >= 11 is 0. The fourth-order valence-electron chi connectivity index (χ4n) is 1.78. The first-order valence-corrected chi connectivity index (χ1v) is 6.56. The minimum Gasteiger partial charge on any atom is -0.465 e. The second-order valence-corrected chi connectivity index (χ2v) is 4.19. The Hall–Kier alpha value is -2.44. The number of non-ortho nitro benzene ring substituents is 1. The van der Waals surface area contributed by atoms with Crippen molar-refractivity contribution in [2.45, 2.75) is 20.3 Å². The van der Waals surface area contributed by atoms with Gasteiger partial charge in [-0.2, -0.15) is 0 Å². The Morgan fingerprint density at radius 1 is 1.19 bits per heavy atom. The van der Waals surface area contributed by atoms with Crippen LogP contribution in [0.5, 0.6) is 0 Å². The molecule has 0 aromatic heterocycles. The van der Waals surface area contributed by atoms with Gasteiger partial charge in [-0.15, -0.1) is 0 Å². The van der Waals surface area contributed by atoms with E-state index in [1.165, 1.54) is 18.2 Å². The van der Waals surface area contributed by atoms with Gasteiger partial charge < -0.3 is 9.47 Å². The summed E-state index contributed by atoms with van der Waals surface area (Å²) < 4.78 is 9.70. The number of benzene rings is 1. The molecule has 7 heteroatoms. The van der Waals surface area contributed by atoms with Crippen LogP contribution >= 0.6 is 0 Å². The Balaban J connectivity index is 2.94. The third-order valence-corrected chi connectivity index (χ3v) is 2.70. The zero-order chi connectivity index (χ0) is 15.8. The van der Waals surface area contributed by atoms with Crippen molar-refractivity contribution in [3.8, 4) is 0 Å². The molecule has 0 atom stereocenters. The van der Waals surface area contributed by atoms with Crippen LogP contribution in [0.2, 0.25) is 0 Å². The van der Waals surface area contributed by atoms with Crippen molar-refractivity contribution < 1.29 is 24.0 Å². The Morgan fingerprint density at radius 3 is 2.24 bits per heavy atom. The first-order valence-electron chi connectivity index (χ1n) is 6.56. The summed E-state index contributed by atoms with van der Waals surface area (Å²) in [5.41, 5.74) is 0.397. The van der Waals surface area contributed by atoms with E-state index >= 15 is 0 Å². The van der Waals surface area contributed by atoms with E-state index < -0.39 is 22.8 Å². The van der Waals surface area contributed by atoms with Crippen molar-refractivity contribution in [2.24, 2.45) is 5.92 Å². The molecule has 0 saturated carbocycles. The molecule has 0 aliphatic rings. The van der Waals surface area contributed by atoms with Crippen molar-refractivity contribution in [1.82, 2.24) is 0 Å². The summed E-state index contributed by atoms with van der Waals surface area (Å²) in [4.78, 5) is 33.9. The molecule has 7 nitrogen and oxygen atoms in total. The highest BCUT2D eigenvalue weighted by atomic mass is 16.6. The van der Waals surface area contributed by atoms with Crippen LogP contribution < -0.4 is 0 Å². The summed E-state index contributed by atoms with van der Waals surface area (Å²) in [5, 5.41) is 10.7. The van der Waals surface area contributed by atoms with Gasteiger partial charge in [-0.25, -0.2) is 0 Å². The number of nitro groups is 1. The van der Waals surface area contributed by atoms with Gasteiger partial charge in [0.05, 0.1) is 18.1 Å². The molecular formula is C14H17NO6. The van der Waals surface area contributed by atoms with Crippen LogP contribution in [0.25, 0.3) is 0 Å². The maximum atomic E-state index is 11.8. The monoisotopic (exact) mass is 295 g/mol. The van der Waals surface area contributed by atoms with Gasteiger partial charge >= 0.3 is 11.9 Å². The number of rotatable bonds is 7. The van der Waals surface area contributed by atoms with Crippen LogP contribution in [0.4, 0.5) is 5.69 Å². The molecule has 114 valence electrons. The SMILES string of the molecule is CCOC(=O)C(Cc1cccc([N+](=O)[O-])c1)C(=O)OCC. The van der Waals surface area contributed by atoms with Crippen LogP contribution in [0, 0.1) is 16.0 Å². The minimum atomic E-state index is -1.12.